The van der Waals surface area contributed by atoms with Crippen molar-refractivity contribution >= 4 is 0 Å². The Hall–Kier alpha value is -0.830. The van der Waals surface area contributed by atoms with Gasteiger partial charge in [0.15, 0.2) is 0 Å². The van der Waals surface area contributed by atoms with E-state index in [2.05, 4.69) is 22.8 Å². The topological polar surface area (TPSA) is 43.8 Å². The van der Waals surface area contributed by atoms with E-state index in [-0.39, 0.29) is 6.04 Å². The summed E-state index contributed by atoms with van der Waals surface area (Å²) in [5.74, 6) is 0. The molecular formula is C10H19N3. The molecule has 0 aliphatic carbocycles. The summed E-state index contributed by atoms with van der Waals surface area (Å²) < 4.78 is 2.05. The third kappa shape index (κ3) is 2.84. The van der Waals surface area contributed by atoms with Gasteiger partial charge < -0.3 is 5.73 Å². The van der Waals surface area contributed by atoms with Gasteiger partial charge in [-0.15, -0.1) is 0 Å². The van der Waals surface area contributed by atoms with Crippen LogP contribution in [-0.4, -0.2) is 15.8 Å². The largest absolute Gasteiger partial charge is 0.328 e. The van der Waals surface area contributed by atoms with Crippen LogP contribution < -0.4 is 5.73 Å². The van der Waals surface area contributed by atoms with Gasteiger partial charge in [-0.1, -0.05) is 0 Å². The standard InChI is InChI=1S/C10H19N3/c1-4-13-10(6-5-8(2)11)7-9(3)12-13/h7-8H,4-6,11H2,1-3H3. The average molecular weight is 181 g/mol. The number of rotatable bonds is 4. The lowest BCUT2D eigenvalue weighted by atomic mass is 10.1. The van der Waals surface area contributed by atoms with Crippen LogP contribution in [0, 0.1) is 6.92 Å². The second kappa shape index (κ2) is 4.42. The first-order valence-corrected chi connectivity index (χ1v) is 4.92. The molecule has 0 radical (unpaired) electrons. The summed E-state index contributed by atoms with van der Waals surface area (Å²) in [6.45, 7) is 7.13. The first-order chi connectivity index (χ1) is 6.13. The second-order valence-corrected chi connectivity index (χ2v) is 3.61. The fraction of sp³-hybridized carbons (Fsp3) is 0.700. The van der Waals surface area contributed by atoms with Crippen molar-refractivity contribution in [1.29, 1.82) is 0 Å². The van der Waals surface area contributed by atoms with E-state index in [1.165, 1.54) is 5.69 Å². The average Bonchev–Trinajstić information content (AvgIpc) is 2.42. The van der Waals surface area contributed by atoms with E-state index in [1.54, 1.807) is 0 Å². The van der Waals surface area contributed by atoms with Gasteiger partial charge in [-0.3, -0.25) is 4.68 Å². The van der Waals surface area contributed by atoms with E-state index >= 15 is 0 Å². The molecule has 1 atom stereocenters. The molecule has 1 aromatic rings. The van der Waals surface area contributed by atoms with Crippen LogP contribution in [-0.2, 0) is 13.0 Å². The molecule has 0 aliphatic heterocycles. The Balaban J connectivity index is 2.64. The highest BCUT2D eigenvalue weighted by atomic mass is 15.3. The zero-order valence-electron chi connectivity index (χ0n) is 8.75. The monoisotopic (exact) mass is 181 g/mol. The van der Waals surface area contributed by atoms with Gasteiger partial charge in [0.1, 0.15) is 0 Å². The molecule has 3 heteroatoms. The third-order valence-electron chi connectivity index (χ3n) is 2.14. The summed E-state index contributed by atoms with van der Waals surface area (Å²) >= 11 is 0. The molecule has 2 N–H and O–H groups in total. The maximum atomic E-state index is 5.71. The summed E-state index contributed by atoms with van der Waals surface area (Å²) in [6.07, 6.45) is 2.07. The zero-order chi connectivity index (χ0) is 9.84. The number of aromatic nitrogens is 2. The second-order valence-electron chi connectivity index (χ2n) is 3.61. The molecule has 1 rings (SSSR count). The van der Waals surface area contributed by atoms with Crippen molar-refractivity contribution in [2.24, 2.45) is 5.73 Å². The lowest BCUT2D eigenvalue weighted by Gasteiger charge is -2.06. The van der Waals surface area contributed by atoms with Crippen LogP contribution in [0.4, 0.5) is 0 Å². The van der Waals surface area contributed by atoms with Crippen molar-refractivity contribution in [3.05, 3.63) is 17.5 Å². The number of hydrogen-bond acceptors (Lipinski definition) is 2. The molecular weight excluding hydrogens is 162 g/mol. The van der Waals surface area contributed by atoms with Gasteiger partial charge >= 0.3 is 0 Å². The molecule has 0 amide bonds. The van der Waals surface area contributed by atoms with Gasteiger partial charge in [-0.05, 0) is 39.7 Å². The summed E-state index contributed by atoms with van der Waals surface area (Å²) in [5.41, 5.74) is 8.11. The van der Waals surface area contributed by atoms with Crippen LogP contribution in [0.1, 0.15) is 31.7 Å². The minimum absolute atomic E-state index is 0.278. The molecule has 0 aromatic carbocycles. The van der Waals surface area contributed by atoms with Crippen molar-refractivity contribution in [3.8, 4) is 0 Å². The van der Waals surface area contributed by atoms with Gasteiger partial charge in [0, 0.05) is 18.3 Å². The Morgan fingerprint density at radius 2 is 2.31 bits per heavy atom. The molecule has 0 fully saturated rings. The maximum absolute atomic E-state index is 5.71. The fourth-order valence-electron chi connectivity index (χ4n) is 1.45. The van der Waals surface area contributed by atoms with Crippen LogP contribution >= 0.6 is 0 Å². The van der Waals surface area contributed by atoms with E-state index in [0.717, 1.165) is 25.1 Å². The number of hydrogen-bond donors (Lipinski definition) is 1. The van der Waals surface area contributed by atoms with E-state index in [0.29, 0.717) is 0 Å². The molecule has 3 nitrogen and oxygen atoms in total. The highest BCUT2D eigenvalue weighted by molar-refractivity contribution is 5.09. The lowest BCUT2D eigenvalue weighted by Crippen LogP contribution is -2.16. The van der Waals surface area contributed by atoms with Gasteiger partial charge in [0.05, 0.1) is 5.69 Å². The summed E-state index contributed by atoms with van der Waals surface area (Å²) in [7, 11) is 0. The van der Waals surface area contributed by atoms with Crippen molar-refractivity contribution < 1.29 is 0 Å². The molecule has 1 aromatic heterocycles. The van der Waals surface area contributed by atoms with Gasteiger partial charge in [-0.2, -0.15) is 5.10 Å². The Morgan fingerprint density at radius 3 is 2.85 bits per heavy atom. The SMILES string of the molecule is CCn1nc(C)cc1CCC(C)N. The van der Waals surface area contributed by atoms with Gasteiger partial charge in [0.25, 0.3) is 0 Å². The van der Waals surface area contributed by atoms with Crippen LogP contribution in [0.5, 0.6) is 0 Å². The molecule has 0 aliphatic rings. The first-order valence-electron chi connectivity index (χ1n) is 4.92. The Bertz CT molecular complexity index is 263. The summed E-state index contributed by atoms with van der Waals surface area (Å²) in [6, 6.07) is 2.42. The van der Waals surface area contributed by atoms with E-state index in [9.17, 15) is 0 Å². The predicted octanol–water partition coefficient (Wildman–Crippen LogP) is 1.49. The highest BCUT2D eigenvalue weighted by Gasteiger charge is 2.04. The normalized spacial score (nSPS) is 13.2. The highest BCUT2D eigenvalue weighted by Crippen LogP contribution is 2.07. The molecule has 1 unspecified atom stereocenters. The van der Waals surface area contributed by atoms with Crippen molar-refractivity contribution in [2.75, 3.05) is 0 Å². The quantitative estimate of drug-likeness (QED) is 0.764. The van der Waals surface area contributed by atoms with Crippen LogP contribution in [0.2, 0.25) is 0 Å². The van der Waals surface area contributed by atoms with E-state index < -0.39 is 0 Å². The van der Waals surface area contributed by atoms with Crippen molar-refractivity contribution in [1.82, 2.24) is 9.78 Å². The molecule has 0 spiro atoms. The number of nitrogens with two attached hydrogens (primary N) is 1. The van der Waals surface area contributed by atoms with Gasteiger partial charge in [-0.25, -0.2) is 0 Å². The smallest absolute Gasteiger partial charge is 0.0596 e. The minimum atomic E-state index is 0.278. The summed E-state index contributed by atoms with van der Waals surface area (Å²) in [5, 5.41) is 4.38. The third-order valence-corrected chi connectivity index (χ3v) is 2.14. The summed E-state index contributed by atoms with van der Waals surface area (Å²) in [4.78, 5) is 0. The first kappa shape index (κ1) is 10.3. The van der Waals surface area contributed by atoms with Crippen molar-refractivity contribution in [3.63, 3.8) is 0 Å². The minimum Gasteiger partial charge on any atom is -0.328 e. The number of aryl methyl sites for hydroxylation is 3. The predicted molar refractivity (Wildman–Crippen MR) is 54.6 cm³/mol. The fourth-order valence-corrected chi connectivity index (χ4v) is 1.45. The molecule has 0 saturated carbocycles. The molecule has 0 saturated heterocycles. The number of nitrogens with zero attached hydrogens (tertiary/aromatic N) is 2. The van der Waals surface area contributed by atoms with Crippen LogP contribution in [0.3, 0.4) is 0 Å². The zero-order valence-corrected chi connectivity index (χ0v) is 8.75. The van der Waals surface area contributed by atoms with E-state index in [1.807, 2.05) is 13.8 Å². The molecule has 13 heavy (non-hydrogen) atoms. The lowest BCUT2D eigenvalue weighted by molar-refractivity contribution is 0.583. The Kier molecular flexibility index (Phi) is 3.48. The van der Waals surface area contributed by atoms with E-state index in [4.69, 9.17) is 5.73 Å². The molecule has 74 valence electrons. The van der Waals surface area contributed by atoms with Crippen LogP contribution in [0.25, 0.3) is 0 Å². The van der Waals surface area contributed by atoms with Gasteiger partial charge in [0.2, 0.25) is 0 Å². The van der Waals surface area contributed by atoms with Crippen molar-refractivity contribution in [2.45, 2.75) is 46.2 Å². The van der Waals surface area contributed by atoms with Crippen LogP contribution in [0.15, 0.2) is 6.07 Å². The maximum Gasteiger partial charge on any atom is 0.0596 e. The molecule has 0 bridgehead atoms. The Morgan fingerprint density at radius 1 is 1.62 bits per heavy atom. The Labute approximate surface area is 79.9 Å². The molecule has 1 heterocycles.